The summed E-state index contributed by atoms with van der Waals surface area (Å²) >= 11 is 5.84. The molecule has 0 spiro atoms. The van der Waals surface area contributed by atoms with Crippen LogP contribution in [-0.2, 0) is 4.79 Å². The molecular formula is C18H19ClN2O3. The van der Waals surface area contributed by atoms with Gasteiger partial charge in [-0.2, -0.15) is 5.10 Å². The molecule has 2 aromatic carbocycles. The van der Waals surface area contributed by atoms with Crippen molar-refractivity contribution in [2.24, 2.45) is 5.10 Å². The summed E-state index contributed by atoms with van der Waals surface area (Å²) in [5, 5.41) is 4.71. The van der Waals surface area contributed by atoms with Gasteiger partial charge in [-0.3, -0.25) is 4.79 Å². The second-order valence-electron chi connectivity index (χ2n) is 4.91. The number of hydrogen-bond acceptors (Lipinski definition) is 4. The van der Waals surface area contributed by atoms with Crippen LogP contribution in [0.2, 0.25) is 5.02 Å². The molecule has 2 rings (SSSR count). The van der Waals surface area contributed by atoms with Crippen LogP contribution in [0.15, 0.2) is 53.6 Å². The van der Waals surface area contributed by atoms with E-state index in [1.54, 1.807) is 31.2 Å². The van der Waals surface area contributed by atoms with E-state index >= 15 is 0 Å². The van der Waals surface area contributed by atoms with Crippen LogP contribution in [-0.4, -0.2) is 24.8 Å². The highest BCUT2D eigenvalue weighted by atomic mass is 35.5. The van der Waals surface area contributed by atoms with Crippen LogP contribution in [0.25, 0.3) is 0 Å². The molecule has 0 saturated carbocycles. The zero-order chi connectivity index (χ0) is 17.4. The SMILES string of the molecule is CCOc1ccccc1OCC(=O)N/N=C(/C)c1ccc(Cl)cc1. The lowest BCUT2D eigenvalue weighted by Gasteiger charge is -2.10. The van der Waals surface area contributed by atoms with Gasteiger partial charge in [0.1, 0.15) is 0 Å². The van der Waals surface area contributed by atoms with Crippen molar-refractivity contribution in [2.75, 3.05) is 13.2 Å². The second-order valence-corrected chi connectivity index (χ2v) is 5.34. The Balaban J connectivity index is 1.89. The number of halogens is 1. The summed E-state index contributed by atoms with van der Waals surface area (Å²) in [6.45, 7) is 4.06. The molecule has 0 radical (unpaired) electrons. The number of hydrogen-bond donors (Lipinski definition) is 1. The number of benzene rings is 2. The molecule has 1 amide bonds. The predicted octanol–water partition coefficient (Wildman–Crippen LogP) is 3.66. The molecule has 0 atom stereocenters. The maximum atomic E-state index is 11.9. The standard InChI is InChI=1S/C18H19ClN2O3/c1-3-23-16-6-4-5-7-17(16)24-12-18(22)21-20-13(2)14-8-10-15(19)11-9-14/h4-11H,3,12H2,1-2H3,(H,21,22)/b20-13-. The summed E-state index contributed by atoms with van der Waals surface area (Å²) in [4.78, 5) is 11.9. The number of carbonyl (C=O) groups excluding carboxylic acids is 1. The molecule has 24 heavy (non-hydrogen) atoms. The van der Waals surface area contributed by atoms with E-state index in [1.807, 2.05) is 31.2 Å². The molecule has 1 N–H and O–H groups in total. The first-order chi connectivity index (χ1) is 11.6. The maximum Gasteiger partial charge on any atom is 0.277 e. The van der Waals surface area contributed by atoms with Crippen molar-refractivity contribution in [2.45, 2.75) is 13.8 Å². The zero-order valence-corrected chi connectivity index (χ0v) is 14.3. The van der Waals surface area contributed by atoms with Crippen LogP contribution in [0.4, 0.5) is 0 Å². The number of hydrazone groups is 1. The minimum atomic E-state index is -0.352. The summed E-state index contributed by atoms with van der Waals surface area (Å²) in [5.74, 6) is 0.774. The van der Waals surface area contributed by atoms with E-state index in [0.29, 0.717) is 28.8 Å². The highest BCUT2D eigenvalue weighted by molar-refractivity contribution is 6.30. The van der Waals surface area contributed by atoms with E-state index < -0.39 is 0 Å². The third-order valence-corrected chi connectivity index (χ3v) is 3.37. The van der Waals surface area contributed by atoms with Gasteiger partial charge in [0.05, 0.1) is 12.3 Å². The Morgan fingerprint density at radius 1 is 1.08 bits per heavy atom. The van der Waals surface area contributed by atoms with Gasteiger partial charge in [0, 0.05) is 5.02 Å². The number of rotatable bonds is 7. The van der Waals surface area contributed by atoms with Crippen molar-refractivity contribution >= 4 is 23.2 Å². The lowest BCUT2D eigenvalue weighted by Crippen LogP contribution is -2.25. The van der Waals surface area contributed by atoms with Crippen molar-refractivity contribution in [3.05, 3.63) is 59.1 Å². The topological polar surface area (TPSA) is 59.9 Å². The van der Waals surface area contributed by atoms with Crippen LogP contribution in [0.1, 0.15) is 19.4 Å². The minimum absolute atomic E-state index is 0.151. The first-order valence-corrected chi connectivity index (χ1v) is 7.91. The van der Waals surface area contributed by atoms with E-state index in [4.69, 9.17) is 21.1 Å². The van der Waals surface area contributed by atoms with E-state index in [2.05, 4.69) is 10.5 Å². The molecule has 126 valence electrons. The van der Waals surface area contributed by atoms with Gasteiger partial charge in [-0.25, -0.2) is 5.43 Å². The van der Waals surface area contributed by atoms with E-state index in [0.717, 1.165) is 5.56 Å². The molecule has 5 nitrogen and oxygen atoms in total. The van der Waals surface area contributed by atoms with E-state index in [-0.39, 0.29) is 12.5 Å². The fraction of sp³-hybridized carbons (Fsp3) is 0.222. The number of nitrogens with one attached hydrogen (secondary N) is 1. The Kier molecular flexibility index (Phi) is 6.63. The van der Waals surface area contributed by atoms with Crippen molar-refractivity contribution in [1.29, 1.82) is 0 Å². The molecular weight excluding hydrogens is 328 g/mol. The van der Waals surface area contributed by atoms with Gasteiger partial charge in [-0.05, 0) is 43.7 Å². The van der Waals surface area contributed by atoms with Gasteiger partial charge < -0.3 is 9.47 Å². The van der Waals surface area contributed by atoms with Crippen LogP contribution < -0.4 is 14.9 Å². The predicted molar refractivity (Wildman–Crippen MR) is 94.9 cm³/mol. The maximum absolute atomic E-state index is 11.9. The van der Waals surface area contributed by atoms with Crippen LogP contribution in [0, 0.1) is 0 Å². The Labute approximate surface area is 146 Å². The van der Waals surface area contributed by atoms with Gasteiger partial charge in [0.25, 0.3) is 5.91 Å². The summed E-state index contributed by atoms with van der Waals surface area (Å²) in [7, 11) is 0. The van der Waals surface area contributed by atoms with Crippen molar-refractivity contribution in [1.82, 2.24) is 5.43 Å². The number of carbonyl (C=O) groups is 1. The Morgan fingerprint density at radius 2 is 1.71 bits per heavy atom. The highest BCUT2D eigenvalue weighted by Crippen LogP contribution is 2.26. The third-order valence-electron chi connectivity index (χ3n) is 3.12. The Bertz CT molecular complexity index is 714. The minimum Gasteiger partial charge on any atom is -0.490 e. The lowest BCUT2D eigenvalue weighted by molar-refractivity contribution is -0.123. The summed E-state index contributed by atoms with van der Waals surface area (Å²) in [5.41, 5.74) is 4.02. The smallest absolute Gasteiger partial charge is 0.277 e. The Hall–Kier alpha value is -2.53. The van der Waals surface area contributed by atoms with Gasteiger partial charge in [-0.15, -0.1) is 0 Å². The molecule has 0 aliphatic rings. The fourth-order valence-electron chi connectivity index (χ4n) is 1.92. The molecule has 0 aliphatic heterocycles. The monoisotopic (exact) mass is 346 g/mol. The van der Waals surface area contributed by atoms with Crippen LogP contribution in [0.5, 0.6) is 11.5 Å². The van der Waals surface area contributed by atoms with E-state index in [1.165, 1.54) is 0 Å². The number of nitrogens with zero attached hydrogens (tertiary/aromatic N) is 1. The number of para-hydroxylation sites is 2. The molecule has 0 aromatic heterocycles. The quantitative estimate of drug-likeness (QED) is 0.615. The van der Waals surface area contributed by atoms with Crippen molar-refractivity contribution in [3.63, 3.8) is 0 Å². The Morgan fingerprint density at radius 3 is 2.33 bits per heavy atom. The summed E-state index contributed by atoms with van der Waals surface area (Å²) in [6, 6.07) is 14.4. The average molecular weight is 347 g/mol. The summed E-state index contributed by atoms with van der Waals surface area (Å²) < 4.78 is 10.9. The normalized spacial score (nSPS) is 11.0. The first kappa shape index (κ1) is 17.8. The largest absolute Gasteiger partial charge is 0.490 e. The molecule has 0 bridgehead atoms. The van der Waals surface area contributed by atoms with Gasteiger partial charge in [-0.1, -0.05) is 35.9 Å². The molecule has 6 heteroatoms. The van der Waals surface area contributed by atoms with Crippen molar-refractivity contribution in [3.8, 4) is 11.5 Å². The van der Waals surface area contributed by atoms with Gasteiger partial charge in [0.15, 0.2) is 18.1 Å². The van der Waals surface area contributed by atoms with Crippen molar-refractivity contribution < 1.29 is 14.3 Å². The fourth-order valence-corrected chi connectivity index (χ4v) is 2.05. The average Bonchev–Trinajstić information content (AvgIpc) is 2.60. The molecule has 2 aromatic rings. The molecule has 0 aliphatic carbocycles. The van der Waals surface area contributed by atoms with E-state index in [9.17, 15) is 4.79 Å². The summed E-state index contributed by atoms with van der Waals surface area (Å²) in [6.07, 6.45) is 0. The third kappa shape index (κ3) is 5.28. The molecule has 0 unspecified atom stereocenters. The lowest BCUT2D eigenvalue weighted by atomic mass is 10.1. The first-order valence-electron chi connectivity index (χ1n) is 7.54. The second kappa shape index (κ2) is 8.93. The molecule has 0 fully saturated rings. The number of amides is 1. The zero-order valence-electron chi connectivity index (χ0n) is 13.6. The van der Waals surface area contributed by atoms with Crippen LogP contribution >= 0.6 is 11.6 Å². The van der Waals surface area contributed by atoms with Gasteiger partial charge >= 0.3 is 0 Å². The van der Waals surface area contributed by atoms with Crippen LogP contribution in [0.3, 0.4) is 0 Å². The number of ether oxygens (including phenoxy) is 2. The van der Waals surface area contributed by atoms with Gasteiger partial charge in [0.2, 0.25) is 0 Å². The molecule has 0 saturated heterocycles. The highest BCUT2D eigenvalue weighted by Gasteiger charge is 2.07. The molecule has 0 heterocycles.